The average molecular weight is 422 g/mol. The van der Waals surface area contributed by atoms with E-state index in [0.29, 0.717) is 11.1 Å². The number of aliphatic hydroxyl groups is 4. The zero-order valence-electron chi connectivity index (χ0n) is 15.7. The lowest BCUT2D eigenvalue weighted by atomic mass is 9.94. The molecular formula is C20H22O10. The predicted molar refractivity (Wildman–Crippen MR) is 99.4 cm³/mol. The minimum absolute atomic E-state index is 0.0561. The van der Waals surface area contributed by atoms with Crippen molar-refractivity contribution in [2.45, 2.75) is 36.6 Å². The maximum absolute atomic E-state index is 10.5. The number of ether oxygens (including phenoxy) is 3. The summed E-state index contributed by atoms with van der Waals surface area (Å²) < 4.78 is 16.5. The Morgan fingerprint density at radius 1 is 1.03 bits per heavy atom. The molecule has 10 heteroatoms. The van der Waals surface area contributed by atoms with E-state index >= 15 is 0 Å². The zero-order valence-corrected chi connectivity index (χ0v) is 15.7. The summed E-state index contributed by atoms with van der Waals surface area (Å²) in [4.78, 5) is 0. The summed E-state index contributed by atoms with van der Waals surface area (Å²) in [5.41, 5.74) is -1.10. The van der Waals surface area contributed by atoms with Gasteiger partial charge in [-0.15, -0.1) is 0 Å². The first kappa shape index (κ1) is 20.5. The third-order valence-electron chi connectivity index (χ3n) is 5.34. The fourth-order valence-electron chi connectivity index (χ4n) is 3.55. The Morgan fingerprint density at radius 3 is 2.47 bits per heavy atom. The molecule has 2 aromatic rings. The summed E-state index contributed by atoms with van der Waals surface area (Å²) in [7, 11) is 0. The molecule has 7 N–H and O–H groups in total. The molecule has 2 aliphatic heterocycles. The van der Waals surface area contributed by atoms with Gasteiger partial charge in [0.05, 0.1) is 19.3 Å². The Balaban J connectivity index is 1.59. The summed E-state index contributed by atoms with van der Waals surface area (Å²) in [5.74, 6) is -0.606. The van der Waals surface area contributed by atoms with Crippen molar-refractivity contribution in [1.82, 2.24) is 0 Å². The molecule has 5 atom stereocenters. The van der Waals surface area contributed by atoms with Gasteiger partial charge in [-0.05, 0) is 17.7 Å². The van der Waals surface area contributed by atoms with Crippen molar-refractivity contribution in [3.63, 3.8) is 0 Å². The third-order valence-corrected chi connectivity index (χ3v) is 5.34. The second kappa shape index (κ2) is 7.49. The highest BCUT2D eigenvalue weighted by Gasteiger charge is 2.49. The number of aromatic hydroxyl groups is 3. The molecule has 0 unspecified atom stereocenters. The highest BCUT2D eigenvalue weighted by atomic mass is 16.7. The number of aliphatic hydroxyl groups excluding tert-OH is 3. The van der Waals surface area contributed by atoms with Crippen LogP contribution in [0.5, 0.6) is 28.7 Å². The number of phenols is 3. The minimum Gasteiger partial charge on any atom is -0.507 e. The van der Waals surface area contributed by atoms with E-state index in [0.717, 1.165) is 0 Å². The molecular weight excluding hydrogens is 400 g/mol. The van der Waals surface area contributed by atoms with Crippen LogP contribution in [0.25, 0.3) is 0 Å². The van der Waals surface area contributed by atoms with Crippen molar-refractivity contribution in [3.05, 3.63) is 41.5 Å². The fourth-order valence-corrected chi connectivity index (χ4v) is 3.55. The molecule has 0 spiro atoms. The molecule has 0 aliphatic carbocycles. The fraction of sp³-hybridized carbons (Fsp3) is 0.400. The molecule has 10 nitrogen and oxygen atoms in total. The molecule has 0 bridgehead atoms. The maximum atomic E-state index is 10.5. The van der Waals surface area contributed by atoms with Gasteiger partial charge in [-0.1, -0.05) is 6.07 Å². The van der Waals surface area contributed by atoms with Gasteiger partial charge in [0.15, 0.2) is 11.5 Å². The van der Waals surface area contributed by atoms with Crippen LogP contribution in [0, 0.1) is 0 Å². The standard InChI is InChI=1S/C20H22O10/c21-7-20(27)8-28-19(18(20)26)29-10-4-13(23)11-6-15(25)17(30-16(11)5-10)9-1-2-12(22)14(24)3-9/h1-5,15,17-19,21-27H,6-8H2/t15-,17-,18-,19+,20+/m0/s1. The summed E-state index contributed by atoms with van der Waals surface area (Å²) in [6, 6.07) is 6.72. The topological polar surface area (TPSA) is 169 Å². The molecule has 1 fully saturated rings. The number of benzene rings is 2. The second-order valence-corrected chi connectivity index (χ2v) is 7.48. The molecule has 0 saturated carbocycles. The largest absolute Gasteiger partial charge is 0.507 e. The van der Waals surface area contributed by atoms with Gasteiger partial charge in [0, 0.05) is 24.1 Å². The van der Waals surface area contributed by atoms with Crippen LogP contribution >= 0.6 is 0 Å². The number of hydrogen-bond acceptors (Lipinski definition) is 10. The van der Waals surface area contributed by atoms with Crippen LogP contribution in [-0.2, 0) is 11.2 Å². The molecule has 0 radical (unpaired) electrons. The van der Waals surface area contributed by atoms with E-state index in [1.54, 1.807) is 0 Å². The Bertz CT molecular complexity index is 947. The van der Waals surface area contributed by atoms with Crippen LogP contribution in [0.15, 0.2) is 30.3 Å². The second-order valence-electron chi connectivity index (χ2n) is 7.48. The summed E-state index contributed by atoms with van der Waals surface area (Å²) in [5, 5.41) is 69.4. The van der Waals surface area contributed by atoms with Crippen LogP contribution in [0.3, 0.4) is 0 Å². The first-order valence-electron chi connectivity index (χ1n) is 9.24. The highest BCUT2D eigenvalue weighted by molar-refractivity contribution is 5.52. The molecule has 30 heavy (non-hydrogen) atoms. The molecule has 2 heterocycles. The Labute approximate surface area is 170 Å². The molecule has 162 valence electrons. The van der Waals surface area contributed by atoms with E-state index in [1.165, 1.54) is 30.3 Å². The van der Waals surface area contributed by atoms with Crippen LogP contribution < -0.4 is 9.47 Å². The summed E-state index contributed by atoms with van der Waals surface area (Å²) in [6.07, 6.45) is -4.65. The van der Waals surface area contributed by atoms with E-state index in [9.17, 15) is 35.7 Å². The Morgan fingerprint density at radius 2 is 1.80 bits per heavy atom. The predicted octanol–water partition coefficient (Wildman–Crippen LogP) is -0.340. The van der Waals surface area contributed by atoms with Gasteiger partial charge in [0.1, 0.15) is 35.1 Å². The highest BCUT2D eigenvalue weighted by Crippen LogP contribution is 2.43. The molecule has 4 rings (SSSR count). The molecule has 0 aromatic heterocycles. The van der Waals surface area contributed by atoms with Gasteiger partial charge in [-0.3, -0.25) is 0 Å². The first-order chi connectivity index (χ1) is 14.2. The lowest BCUT2D eigenvalue weighted by molar-refractivity contribution is -0.115. The van der Waals surface area contributed by atoms with Gasteiger partial charge >= 0.3 is 0 Å². The number of fused-ring (bicyclic) bond motifs is 1. The number of hydrogen-bond donors (Lipinski definition) is 7. The van der Waals surface area contributed by atoms with Crippen LogP contribution in [0.2, 0.25) is 0 Å². The summed E-state index contributed by atoms with van der Waals surface area (Å²) in [6.45, 7) is -1.05. The Hall–Kier alpha value is -2.76. The zero-order chi connectivity index (χ0) is 21.6. The van der Waals surface area contributed by atoms with Crippen LogP contribution in [0.1, 0.15) is 17.2 Å². The van der Waals surface area contributed by atoms with Crippen molar-refractivity contribution in [1.29, 1.82) is 0 Å². The lowest BCUT2D eigenvalue weighted by Gasteiger charge is -2.32. The van der Waals surface area contributed by atoms with Gasteiger partial charge in [0.2, 0.25) is 6.29 Å². The molecule has 2 aromatic carbocycles. The SMILES string of the molecule is OC[C@@]1(O)CO[C@H](Oc2cc(O)c3c(c2)O[C@@H](c2ccc(O)c(O)c2)[C@@H](O)C3)[C@@H]1O. The molecule has 2 aliphatic rings. The van der Waals surface area contributed by atoms with Gasteiger partial charge in [-0.25, -0.2) is 0 Å². The van der Waals surface area contributed by atoms with Gasteiger partial charge in [0.25, 0.3) is 0 Å². The van der Waals surface area contributed by atoms with E-state index in [-0.39, 0.29) is 41.8 Å². The monoisotopic (exact) mass is 422 g/mol. The smallest absolute Gasteiger partial charge is 0.229 e. The minimum atomic E-state index is -1.85. The van der Waals surface area contributed by atoms with Gasteiger partial charge in [-0.2, -0.15) is 0 Å². The van der Waals surface area contributed by atoms with Crippen molar-refractivity contribution >= 4 is 0 Å². The van der Waals surface area contributed by atoms with E-state index in [2.05, 4.69) is 0 Å². The van der Waals surface area contributed by atoms with Crippen molar-refractivity contribution in [2.75, 3.05) is 13.2 Å². The normalized spacial score (nSPS) is 30.5. The van der Waals surface area contributed by atoms with Crippen molar-refractivity contribution in [2.24, 2.45) is 0 Å². The number of phenolic OH excluding ortho intramolecular Hbond substituents is 3. The quantitative estimate of drug-likeness (QED) is 0.324. The summed E-state index contributed by atoms with van der Waals surface area (Å²) >= 11 is 0. The van der Waals surface area contributed by atoms with E-state index < -0.39 is 36.8 Å². The van der Waals surface area contributed by atoms with Crippen molar-refractivity contribution < 1.29 is 50.0 Å². The van der Waals surface area contributed by atoms with Crippen LogP contribution in [-0.4, -0.2) is 73.1 Å². The van der Waals surface area contributed by atoms with E-state index in [1.807, 2.05) is 0 Å². The van der Waals surface area contributed by atoms with E-state index in [4.69, 9.17) is 14.2 Å². The molecule has 0 amide bonds. The van der Waals surface area contributed by atoms with Gasteiger partial charge < -0.3 is 50.0 Å². The maximum Gasteiger partial charge on any atom is 0.229 e. The van der Waals surface area contributed by atoms with Crippen molar-refractivity contribution in [3.8, 4) is 28.7 Å². The first-order valence-corrected chi connectivity index (χ1v) is 9.24. The average Bonchev–Trinajstić information content (AvgIpc) is 2.99. The molecule has 1 saturated heterocycles. The number of rotatable bonds is 4. The Kier molecular flexibility index (Phi) is 5.12. The van der Waals surface area contributed by atoms with Crippen LogP contribution in [0.4, 0.5) is 0 Å². The lowest BCUT2D eigenvalue weighted by Crippen LogP contribution is -2.48. The third kappa shape index (κ3) is 3.48.